The first-order valence-corrected chi connectivity index (χ1v) is 8.72. The van der Waals surface area contributed by atoms with E-state index in [1.165, 1.54) is 0 Å². The van der Waals surface area contributed by atoms with E-state index in [4.69, 9.17) is 11.6 Å². The maximum Gasteiger partial charge on any atom is 0.146 e. The van der Waals surface area contributed by atoms with E-state index in [0.717, 1.165) is 52.8 Å². The first-order chi connectivity index (χ1) is 12.1. The number of benzene rings is 2. The minimum Gasteiger partial charge on any atom is -0.373 e. The van der Waals surface area contributed by atoms with Crippen molar-refractivity contribution >= 4 is 22.5 Å². The van der Waals surface area contributed by atoms with Crippen LogP contribution < -0.4 is 5.32 Å². The molecule has 3 aromatic rings. The van der Waals surface area contributed by atoms with Crippen LogP contribution in [0.4, 0.5) is 0 Å². The number of aliphatic hydroxyl groups is 1. The van der Waals surface area contributed by atoms with Gasteiger partial charge in [-0.2, -0.15) is 5.26 Å². The molecule has 0 bridgehead atoms. The predicted molar refractivity (Wildman–Crippen MR) is 99.4 cm³/mol. The van der Waals surface area contributed by atoms with Crippen molar-refractivity contribution in [1.29, 1.82) is 5.26 Å². The lowest BCUT2D eigenvalue weighted by molar-refractivity contribution is 0.137. The highest BCUT2D eigenvalue weighted by Crippen LogP contribution is 2.38. The predicted octanol–water partition coefficient (Wildman–Crippen LogP) is 4.13. The van der Waals surface area contributed by atoms with Crippen LogP contribution >= 0.6 is 11.6 Å². The first-order valence-electron chi connectivity index (χ1n) is 8.34. The van der Waals surface area contributed by atoms with E-state index in [2.05, 4.69) is 16.0 Å². The van der Waals surface area contributed by atoms with Gasteiger partial charge in [-0.05, 0) is 55.3 Å². The number of aromatic nitrogens is 1. The summed E-state index contributed by atoms with van der Waals surface area (Å²) in [5.41, 5.74) is 5.59. The van der Waals surface area contributed by atoms with Gasteiger partial charge in [-0.25, -0.2) is 0 Å². The van der Waals surface area contributed by atoms with Gasteiger partial charge in [0.1, 0.15) is 6.23 Å². The van der Waals surface area contributed by atoms with Gasteiger partial charge in [0.15, 0.2) is 0 Å². The summed E-state index contributed by atoms with van der Waals surface area (Å²) in [5, 5.41) is 24.8. The fraction of sp³-hybridized carbons (Fsp3) is 0.250. The Labute approximate surface area is 151 Å². The molecule has 1 atom stereocenters. The van der Waals surface area contributed by atoms with Crippen molar-refractivity contribution in [1.82, 2.24) is 9.88 Å². The summed E-state index contributed by atoms with van der Waals surface area (Å²) in [6, 6.07) is 13.8. The van der Waals surface area contributed by atoms with Crippen molar-refractivity contribution < 1.29 is 5.11 Å². The number of hydrogen-bond donors (Lipinski definition) is 2. The molecular formula is C20H18ClN3O. The maximum absolute atomic E-state index is 10.5. The molecule has 0 saturated carbocycles. The van der Waals surface area contributed by atoms with Crippen molar-refractivity contribution in [3.8, 4) is 17.2 Å². The lowest BCUT2D eigenvalue weighted by atomic mass is 9.98. The fourth-order valence-electron chi connectivity index (χ4n) is 3.74. The molecule has 2 heterocycles. The highest BCUT2D eigenvalue weighted by molar-refractivity contribution is 6.30. The van der Waals surface area contributed by atoms with Crippen LogP contribution in [0.3, 0.4) is 0 Å². The quantitative estimate of drug-likeness (QED) is 0.693. The Hall–Kier alpha value is -2.32. The summed E-state index contributed by atoms with van der Waals surface area (Å²) in [7, 11) is 0. The monoisotopic (exact) mass is 351 g/mol. The second-order valence-corrected chi connectivity index (χ2v) is 6.85. The highest BCUT2D eigenvalue weighted by Gasteiger charge is 2.24. The average Bonchev–Trinajstić information content (AvgIpc) is 2.76. The standard InChI is InChI=1S/C20H18ClN3O/c1-12-16-9-13(11-22)10-17(14-3-5-15(21)6-4-14)19(16)24-8-2-7-23-20(25)18(12)24/h3-6,9-10,20,23,25H,2,7-8H2,1H3. The Morgan fingerprint density at radius 2 is 2.04 bits per heavy atom. The van der Waals surface area contributed by atoms with Crippen LogP contribution in [-0.2, 0) is 6.54 Å². The summed E-state index contributed by atoms with van der Waals surface area (Å²) >= 11 is 6.04. The van der Waals surface area contributed by atoms with Crippen LogP contribution in [0.25, 0.3) is 22.0 Å². The fourth-order valence-corrected chi connectivity index (χ4v) is 3.87. The molecule has 5 heteroatoms. The highest BCUT2D eigenvalue weighted by atomic mass is 35.5. The van der Waals surface area contributed by atoms with E-state index in [0.29, 0.717) is 10.6 Å². The van der Waals surface area contributed by atoms with Crippen molar-refractivity contribution in [3.05, 3.63) is 58.2 Å². The third kappa shape index (κ3) is 2.61. The van der Waals surface area contributed by atoms with Crippen LogP contribution in [0.1, 0.15) is 29.5 Å². The Bertz CT molecular complexity index is 999. The van der Waals surface area contributed by atoms with Crippen LogP contribution in [0.5, 0.6) is 0 Å². The number of nitrogens with zero attached hydrogens (tertiary/aromatic N) is 2. The molecule has 1 aliphatic heterocycles. The number of hydrogen-bond acceptors (Lipinski definition) is 3. The molecule has 2 N–H and O–H groups in total. The molecule has 25 heavy (non-hydrogen) atoms. The maximum atomic E-state index is 10.5. The minimum atomic E-state index is -0.696. The van der Waals surface area contributed by atoms with Gasteiger partial charge in [-0.3, -0.25) is 5.32 Å². The smallest absolute Gasteiger partial charge is 0.146 e. The zero-order chi connectivity index (χ0) is 17.6. The molecule has 0 aliphatic carbocycles. The molecule has 126 valence electrons. The minimum absolute atomic E-state index is 0.615. The molecule has 1 aliphatic rings. The average molecular weight is 352 g/mol. The van der Waals surface area contributed by atoms with Crippen molar-refractivity contribution in [2.45, 2.75) is 26.1 Å². The van der Waals surface area contributed by atoms with E-state index in [9.17, 15) is 10.4 Å². The van der Waals surface area contributed by atoms with E-state index < -0.39 is 6.23 Å². The first kappa shape index (κ1) is 16.2. The molecule has 0 saturated heterocycles. The SMILES string of the molecule is Cc1c2n(c3c(-c4ccc(Cl)cc4)cc(C#N)cc13)CCCNC2O. The van der Waals surface area contributed by atoms with Crippen LogP contribution in [-0.4, -0.2) is 16.2 Å². The van der Waals surface area contributed by atoms with E-state index in [-0.39, 0.29) is 0 Å². The molecular weight excluding hydrogens is 334 g/mol. The second kappa shape index (κ2) is 6.20. The summed E-state index contributed by atoms with van der Waals surface area (Å²) in [6.07, 6.45) is 0.242. The Kier molecular flexibility index (Phi) is 4.01. The van der Waals surface area contributed by atoms with Gasteiger partial charge in [0, 0.05) is 22.5 Å². The third-order valence-corrected chi connectivity index (χ3v) is 5.15. The topological polar surface area (TPSA) is 61.0 Å². The van der Waals surface area contributed by atoms with Gasteiger partial charge < -0.3 is 9.67 Å². The molecule has 0 fully saturated rings. The van der Waals surface area contributed by atoms with Crippen LogP contribution in [0.2, 0.25) is 5.02 Å². The molecule has 0 radical (unpaired) electrons. The van der Waals surface area contributed by atoms with Crippen molar-refractivity contribution in [2.75, 3.05) is 6.54 Å². The zero-order valence-corrected chi connectivity index (χ0v) is 14.6. The number of aliphatic hydroxyl groups excluding tert-OH is 1. The molecule has 4 rings (SSSR count). The number of halogens is 1. The molecule has 0 amide bonds. The molecule has 0 spiro atoms. The lowest BCUT2D eigenvalue weighted by Crippen LogP contribution is -2.21. The zero-order valence-electron chi connectivity index (χ0n) is 13.9. The summed E-state index contributed by atoms with van der Waals surface area (Å²) in [4.78, 5) is 0. The number of aryl methyl sites for hydroxylation is 2. The van der Waals surface area contributed by atoms with Crippen LogP contribution in [0, 0.1) is 18.3 Å². The summed E-state index contributed by atoms with van der Waals surface area (Å²) < 4.78 is 2.19. The van der Waals surface area contributed by atoms with E-state index in [1.54, 1.807) is 0 Å². The van der Waals surface area contributed by atoms with Gasteiger partial charge in [0.05, 0.1) is 22.8 Å². The van der Waals surface area contributed by atoms with Crippen molar-refractivity contribution in [3.63, 3.8) is 0 Å². The molecule has 1 unspecified atom stereocenters. The summed E-state index contributed by atoms with van der Waals surface area (Å²) in [5.74, 6) is 0. The Balaban J connectivity index is 2.09. The van der Waals surface area contributed by atoms with Gasteiger partial charge in [0.25, 0.3) is 0 Å². The third-order valence-electron chi connectivity index (χ3n) is 4.90. The van der Waals surface area contributed by atoms with Crippen LogP contribution in [0.15, 0.2) is 36.4 Å². The van der Waals surface area contributed by atoms with Gasteiger partial charge in [-0.1, -0.05) is 23.7 Å². The van der Waals surface area contributed by atoms with Gasteiger partial charge in [-0.15, -0.1) is 0 Å². The number of nitrogens with one attached hydrogen (secondary N) is 1. The van der Waals surface area contributed by atoms with Gasteiger partial charge >= 0.3 is 0 Å². The number of rotatable bonds is 1. The van der Waals surface area contributed by atoms with E-state index in [1.807, 2.05) is 43.3 Å². The van der Waals surface area contributed by atoms with Crippen molar-refractivity contribution in [2.24, 2.45) is 0 Å². The Morgan fingerprint density at radius 3 is 2.76 bits per heavy atom. The number of nitriles is 1. The Morgan fingerprint density at radius 1 is 1.28 bits per heavy atom. The lowest BCUT2D eigenvalue weighted by Gasteiger charge is -2.13. The molecule has 4 nitrogen and oxygen atoms in total. The molecule has 1 aromatic heterocycles. The largest absolute Gasteiger partial charge is 0.373 e. The summed E-state index contributed by atoms with van der Waals surface area (Å²) in [6.45, 7) is 3.61. The molecule has 2 aromatic carbocycles. The second-order valence-electron chi connectivity index (χ2n) is 6.41. The number of fused-ring (bicyclic) bond motifs is 3. The normalized spacial score (nSPS) is 17.1. The van der Waals surface area contributed by atoms with Gasteiger partial charge in [0.2, 0.25) is 0 Å². The van der Waals surface area contributed by atoms with E-state index >= 15 is 0 Å².